The molecule has 2 N–H and O–H groups in total. The van der Waals surface area contributed by atoms with Crippen molar-refractivity contribution in [1.82, 2.24) is 5.09 Å². The third-order valence-corrected chi connectivity index (χ3v) is 1.64. The molecule has 0 aliphatic rings. The van der Waals surface area contributed by atoms with Crippen molar-refractivity contribution < 1.29 is 18.8 Å². The molecule has 1 unspecified atom stereocenters. The number of carbonyl (C=O) groups is 1. The first-order chi connectivity index (χ1) is 3.98. The van der Waals surface area contributed by atoms with Crippen molar-refractivity contribution in [1.29, 1.82) is 0 Å². The molecule has 0 fully saturated rings. The van der Waals surface area contributed by atoms with Crippen molar-refractivity contribution in [2.45, 2.75) is 6.92 Å². The zero-order valence-corrected chi connectivity index (χ0v) is 6.01. The van der Waals surface area contributed by atoms with E-state index < -0.39 is 13.7 Å². The summed E-state index contributed by atoms with van der Waals surface area (Å²) in [5.74, 6) is -0.595. The van der Waals surface area contributed by atoms with E-state index in [0.29, 0.717) is 0 Å². The van der Waals surface area contributed by atoms with E-state index in [-0.39, 0.29) is 0 Å². The molecule has 0 aromatic carbocycles. The Morgan fingerprint density at radius 3 is 2.33 bits per heavy atom. The first-order valence-corrected chi connectivity index (χ1v) is 3.73. The van der Waals surface area contributed by atoms with Crippen LogP contribution in [0.5, 0.6) is 0 Å². The molecule has 1 amide bonds. The molecule has 0 heterocycles. The SMILES string of the molecule is COP(=O)(O)NC(C)=O. The van der Waals surface area contributed by atoms with Crippen molar-refractivity contribution in [2.24, 2.45) is 0 Å². The first-order valence-electron chi connectivity index (χ1n) is 2.15. The number of carbonyl (C=O) groups excluding carboxylic acids is 1. The summed E-state index contributed by atoms with van der Waals surface area (Å²) in [5, 5.41) is 1.72. The Bertz CT molecular complexity index is 156. The lowest BCUT2D eigenvalue weighted by Gasteiger charge is -2.06. The van der Waals surface area contributed by atoms with E-state index in [4.69, 9.17) is 4.89 Å². The third kappa shape index (κ3) is 4.14. The van der Waals surface area contributed by atoms with E-state index in [1.165, 1.54) is 0 Å². The van der Waals surface area contributed by atoms with Crippen LogP contribution >= 0.6 is 7.75 Å². The van der Waals surface area contributed by atoms with Gasteiger partial charge in [0, 0.05) is 14.0 Å². The molecule has 0 aromatic rings. The maximum absolute atomic E-state index is 10.4. The van der Waals surface area contributed by atoms with Crippen LogP contribution in [0.15, 0.2) is 0 Å². The Balaban J connectivity index is 3.88. The monoisotopic (exact) mass is 153 g/mol. The van der Waals surface area contributed by atoms with Crippen molar-refractivity contribution >= 4 is 13.7 Å². The van der Waals surface area contributed by atoms with E-state index in [0.717, 1.165) is 14.0 Å². The van der Waals surface area contributed by atoms with Crippen LogP contribution in [0.2, 0.25) is 0 Å². The summed E-state index contributed by atoms with van der Waals surface area (Å²) < 4.78 is 14.4. The fourth-order valence-corrected chi connectivity index (χ4v) is 0.734. The number of nitrogens with one attached hydrogen (secondary N) is 1. The molecule has 1 atom stereocenters. The van der Waals surface area contributed by atoms with Gasteiger partial charge in [-0.25, -0.2) is 4.57 Å². The van der Waals surface area contributed by atoms with Gasteiger partial charge in [-0.3, -0.25) is 14.4 Å². The zero-order valence-electron chi connectivity index (χ0n) is 5.12. The second-order valence-electron chi connectivity index (χ2n) is 1.37. The fourth-order valence-electron chi connectivity index (χ4n) is 0.245. The van der Waals surface area contributed by atoms with Gasteiger partial charge in [0.15, 0.2) is 0 Å². The van der Waals surface area contributed by atoms with Crippen molar-refractivity contribution in [2.75, 3.05) is 7.11 Å². The molecule has 54 valence electrons. The molecule has 0 radical (unpaired) electrons. The molecule has 0 aliphatic carbocycles. The van der Waals surface area contributed by atoms with Crippen molar-refractivity contribution in [3.05, 3.63) is 0 Å². The topological polar surface area (TPSA) is 75.6 Å². The zero-order chi connectivity index (χ0) is 7.49. The number of hydrogen-bond acceptors (Lipinski definition) is 3. The fraction of sp³-hybridized carbons (Fsp3) is 0.667. The Labute approximate surface area is 52.6 Å². The Hall–Kier alpha value is -0.380. The van der Waals surface area contributed by atoms with Crippen molar-refractivity contribution in [3.8, 4) is 0 Å². The smallest absolute Gasteiger partial charge is 0.308 e. The summed E-state index contributed by atoms with van der Waals surface area (Å²) in [6.07, 6.45) is 0. The minimum atomic E-state index is -3.83. The largest absolute Gasteiger partial charge is 0.432 e. The quantitative estimate of drug-likeness (QED) is 0.542. The van der Waals surface area contributed by atoms with Crippen LogP contribution in [0.4, 0.5) is 0 Å². The summed E-state index contributed by atoms with van der Waals surface area (Å²) in [5.41, 5.74) is 0. The second kappa shape index (κ2) is 2.96. The summed E-state index contributed by atoms with van der Waals surface area (Å²) in [7, 11) is -2.79. The van der Waals surface area contributed by atoms with Gasteiger partial charge in [0.25, 0.3) is 0 Å². The maximum atomic E-state index is 10.4. The summed E-state index contributed by atoms with van der Waals surface area (Å²) in [4.78, 5) is 18.6. The molecule has 0 saturated heterocycles. The van der Waals surface area contributed by atoms with Crippen LogP contribution in [-0.4, -0.2) is 17.9 Å². The molecule has 0 aliphatic heterocycles. The van der Waals surface area contributed by atoms with Gasteiger partial charge in [-0.1, -0.05) is 0 Å². The Kier molecular flexibility index (Phi) is 2.84. The van der Waals surface area contributed by atoms with Gasteiger partial charge in [0.1, 0.15) is 0 Å². The predicted molar refractivity (Wildman–Crippen MR) is 30.7 cm³/mol. The predicted octanol–water partition coefficient (Wildman–Crippen LogP) is -0.131. The van der Waals surface area contributed by atoms with E-state index in [2.05, 4.69) is 4.52 Å². The lowest BCUT2D eigenvalue weighted by atomic mass is 10.8. The van der Waals surface area contributed by atoms with Gasteiger partial charge in [0.2, 0.25) is 5.91 Å². The first kappa shape index (κ1) is 8.62. The highest BCUT2D eigenvalue weighted by Crippen LogP contribution is 2.34. The van der Waals surface area contributed by atoms with Gasteiger partial charge in [-0.15, -0.1) is 0 Å². The van der Waals surface area contributed by atoms with E-state index >= 15 is 0 Å². The highest BCUT2D eigenvalue weighted by molar-refractivity contribution is 7.51. The standard InChI is InChI=1S/C3H8NO4P/c1-3(5)4-9(6,7)8-2/h1-2H3,(H2,4,5,6,7). The highest BCUT2D eigenvalue weighted by Gasteiger charge is 2.16. The van der Waals surface area contributed by atoms with Crippen LogP contribution in [0, 0.1) is 0 Å². The summed E-state index contributed by atoms with van der Waals surface area (Å²) >= 11 is 0. The summed E-state index contributed by atoms with van der Waals surface area (Å²) in [6.45, 7) is 1.13. The molecule has 0 saturated carbocycles. The van der Waals surface area contributed by atoms with Gasteiger partial charge < -0.3 is 4.89 Å². The number of amides is 1. The molecular weight excluding hydrogens is 145 g/mol. The van der Waals surface area contributed by atoms with Crippen LogP contribution < -0.4 is 5.09 Å². The molecule has 0 aromatic heterocycles. The average Bonchev–Trinajstić information content (AvgIpc) is 1.63. The molecule has 5 nitrogen and oxygen atoms in total. The minimum Gasteiger partial charge on any atom is -0.308 e. The molecular formula is C3H8NO4P. The molecule has 9 heavy (non-hydrogen) atoms. The molecule has 6 heteroatoms. The lowest BCUT2D eigenvalue weighted by molar-refractivity contribution is -0.117. The number of hydrogen-bond donors (Lipinski definition) is 2. The van der Waals surface area contributed by atoms with E-state index in [9.17, 15) is 9.36 Å². The van der Waals surface area contributed by atoms with Gasteiger partial charge in [0.05, 0.1) is 0 Å². The van der Waals surface area contributed by atoms with Crippen LogP contribution in [0.1, 0.15) is 6.92 Å². The maximum Gasteiger partial charge on any atom is 0.432 e. The Morgan fingerprint density at radius 1 is 1.78 bits per heavy atom. The minimum absolute atomic E-state index is 0.595. The van der Waals surface area contributed by atoms with Crippen LogP contribution in [0.3, 0.4) is 0 Å². The van der Waals surface area contributed by atoms with Gasteiger partial charge in [-0.05, 0) is 0 Å². The normalized spacial score (nSPS) is 16.3. The Morgan fingerprint density at radius 2 is 2.22 bits per heavy atom. The molecule has 0 bridgehead atoms. The van der Waals surface area contributed by atoms with Crippen LogP contribution in [0.25, 0.3) is 0 Å². The second-order valence-corrected chi connectivity index (χ2v) is 3.00. The lowest BCUT2D eigenvalue weighted by Crippen LogP contribution is -2.16. The van der Waals surface area contributed by atoms with Crippen LogP contribution in [-0.2, 0) is 13.9 Å². The van der Waals surface area contributed by atoms with E-state index in [1.54, 1.807) is 5.09 Å². The van der Waals surface area contributed by atoms with Gasteiger partial charge in [-0.2, -0.15) is 0 Å². The average molecular weight is 153 g/mol. The third-order valence-electron chi connectivity index (χ3n) is 0.546. The molecule has 0 spiro atoms. The number of rotatable bonds is 2. The van der Waals surface area contributed by atoms with Crippen molar-refractivity contribution in [3.63, 3.8) is 0 Å². The van der Waals surface area contributed by atoms with Gasteiger partial charge >= 0.3 is 7.75 Å². The van der Waals surface area contributed by atoms with E-state index in [1.807, 2.05) is 0 Å². The highest BCUT2D eigenvalue weighted by atomic mass is 31.2. The molecule has 0 rings (SSSR count). The summed E-state index contributed by atoms with van der Waals surface area (Å²) in [6, 6.07) is 0.